The first kappa shape index (κ1) is 16.4. The van der Waals surface area contributed by atoms with Crippen LogP contribution in [0.3, 0.4) is 0 Å². The molecule has 133 valence electrons. The maximum Gasteiger partial charge on any atom is 0.253 e. The number of fused-ring (bicyclic) bond motifs is 4. The number of benzene rings is 1. The van der Waals surface area contributed by atoms with Crippen LogP contribution in [0.2, 0.25) is 0 Å². The van der Waals surface area contributed by atoms with E-state index in [1.165, 1.54) is 25.7 Å². The maximum absolute atomic E-state index is 12.9. The van der Waals surface area contributed by atoms with Crippen LogP contribution in [0.25, 0.3) is 0 Å². The zero-order valence-electron chi connectivity index (χ0n) is 14.6. The van der Waals surface area contributed by atoms with Crippen molar-refractivity contribution in [3.05, 3.63) is 36.2 Å². The minimum Gasteiger partial charge on any atom is -0.368 e. The largest absolute Gasteiger partial charge is 0.368 e. The van der Waals surface area contributed by atoms with Gasteiger partial charge in [-0.25, -0.2) is 0 Å². The summed E-state index contributed by atoms with van der Waals surface area (Å²) in [6.07, 6.45) is 7.89. The third-order valence-electron chi connectivity index (χ3n) is 6.04. The first-order chi connectivity index (χ1) is 12.1. The van der Waals surface area contributed by atoms with Gasteiger partial charge in [-0.05, 0) is 74.6 Å². The molecule has 1 atom stereocenters. The molecule has 0 aromatic heterocycles. The molecule has 25 heavy (non-hydrogen) atoms. The highest BCUT2D eigenvalue weighted by molar-refractivity contribution is 5.95. The van der Waals surface area contributed by atoms with Crippen LogP contribution < -0.4 is 10.6 Å². The Kier molecular flexibility index (Phi) is 4.40. The summed E-state index contributed by atoms with van der Waals surface area (Å²) in [5, 5.41) is 0. The van der Waals surface area contributed by atoms with Crippen molar-refractivity contribution in [2.75, 3.05) is 24.5 Å². The summed E-state index contributed by atoms with van der Waals surface area (Å²) in [6.45, 7) is 2.60. The minimum absolute atomic E-state index is 0.143. The summed E-state index contributed by atoms with van der Waals surface area (Å²) in [5.74, 6) is 1.18. The second kappa shape index (κ2) is 6.70. The lowest BCUT2D eigenvalue weighted by atomic mass is 9.84. The van der Waals surface area contributed by atoms with E-state index in [1.54, 1.807) is 0 Å². The fourth-order valence-electron chi connectivity index (χ4n) is 4.64. The summed E-state index contributed by atoms with van der Waals surface area (Å²) in [4.78, 5) is 28.5. The van der Waals surface area contributed by atoms with Crippen molar-refractivity contribution < 1.29 is 9.59 Å². The average molecular weight is 340 g/mol. The fourth-order valence-corrected chi connectivity index (χ4v) is 4.64. The number of nitrogens with zero attached hydrogens (tertiary/aromatic N) is 2. The lowest BCUT2D eigenvalue weighted by Crippen LogP contribution is -2.40. The Balaban J connectivity index is 1.48. The Labute approximate surface area is 149 Å². The number of nitrogens with two attached hydrogens (primary N) is 1. The molecule has 3 aliphatic heterocycles. The molecular formula is C20H26N3O2. The molecule has 1 saturated carbocycles. The molecule has 5 rings (SSSR count). The van der Waals surface area contributed by atoms with Crippen molar-refractivity contribution in [3.63, 3.8) is 0 Å². The molecule has 1 radical (unpaired) electrons. The summed E-state index contributed by atoms with van der Waals surface area (Å²) in [5.41, 5.74) is 7.16. The Morgan fingerprint density at radius 3 is 2.12 bits per heavy atom. The van der Waals surface area contributed by atoms with Crippen LogP contribution in [0.15, 0.2) is 24.3 Å². The zero-order chi connectivity index (χ0) is 17.4. The van der Waals surface area contributed by atoms with Gasteiger partial charge in [0.1, 0.15) is 6.04 Å². The van der Waals surface area contributed by atoms with E-state index in [9.17, 15) is 9.59 Å². The van der Waals surface area contributed by atoms with E-state index in [4.69, 9.17) is 5.73 Å². The summed E-state index contributed by atoms with van der Waals surface area (Å²) < 4.78 is 0. The van der Waals surface area contributed by atoms with E-state index in [0.29, 0.717) is 11.8 Å². The predicted octanol–water partition coefficient (Wildman–Crippen LogP) is 2.22. The summed E-state index contributed by atoms with van der Waals surface area (Å²) in [7, 11) is 0. The van der Waals surface area contributed by atoms with E-state index in [1.807, 2.05) is 35.6 Å². The molecule has 1 aliphatic carbocycles. The molecule has 1 aromatic carbocycles. The lowest BCUT2D eigenvalue weighted by Gasteiger charge is -2.25. The van der Waals surface area contributed by atoms with E-state index < -0.39 is 0 Å². The molecule has 5 nitrogen and oxygen atoms in total. The SMILES string of the molecule is NC(=O)[C@H]1[CH]CCN1c1ccc(C(=O)N2CC3CCC(CC3)C2)cc1. The van der Waals surface area contributed by atoms with Crippen molar-refractivity contribution in [1.29, 1.82) is 0 Å². The van der Waals surface area contributed by atoms with Crippen molar-refractivity contribution >= 4 is 17.5 Å². The molecule has 0 spiro atoms. The van der Waals surface area contributed by atoms with Gasteiger partial charge in [-0.2, -0.15) is 0 Å². The molecule has 4 aliphatic rings. The Morgan fingerprint density at radius 1 is 0.960 bits per heavy atom. The van der Waals surface area contributed by atoms with E-state index in [2.05, 4.69) is 4.90 Å². The van der Waals surface area contributed by atoms with Crippen molar-refractivity contribution in [3.8, 4) is 0 Å². The normalized spacial score (nSPS) is 28.9. The zero-order valence-corrected chi connectivity index (χ0v) is 14.6. The van der Waals surface area contributed by atoms with E-state index in [0.717, 1.165) is 37.3 Å². The molecule has 3 saturated heterocycles. The average Bonchev–Trinajstić information content (AvgIpc) is 2.93. The second-order valence-corrected chi connectivity index (χ2v) is 7.71. The number of carbonyl (C=O) groups excluding carboxylic acids is 2. The van der Waals surface area contributed by atoms with Crippen LogP contribution in [-0.4, -0.2) is 42.4 Å². The van der Waals surface area contributed by atoms with Gasteiger partial charge in [0.15, 0.2) is 0 Å². The smallest absolute Gasteiger partial charge is 0.253 e. The lowest BCUT2D eigenvalue weighted by molar-refractivity contribution is -0.118. The molecular weight excluding hydrogens is 314 g/mol. The van der Waals surface area contributed by atoms with Crippen molar-refractivity contribution in [2.45, 2.75) is 38.1 Å². The Morgan fingerprint density at radius 2 is 1.56 bits per heavy atom. The van der Waals surface area contributed by atoms with E-state index in [-0.39, 0.29) is 17.9 Å². The highest BCUT2D eigenvalue weighted by Crippen LogP contribution is 2.34. The van der Waals surface area contributed by atoms with Gasteiger partial charge in [0, 0.05) is 30.9 Å². The maximum atomic E-state index is 12.9. The number of carbonyl (C=O) groups is 2. The van der Waals surface area contributed by atoms with Crippen molar-refractivity contribution in [2.24, 2.45) is 17.6 Å². The topological polar surface area (TPSA) is 66.6 Å². The number of primary amides is 1. The van der Waals surface area contributed by atoms with Gasteiger partial charge in [0.2, 0.25) is 5.91 Å². The molecule has 2 bridgehead atoms. The standard InChI is InChI=1S/C20H26N3O2/c21-19(24)18-2-1-11-23(18)17-9-7-16(8-10-17)20(25)22-12-14-3-4-15(13-22)6-5-14/h2,7-10,14-15,18H,1,3-6,11-13H2,(H2,21,24)/t14?,15?,18-/m1/s1. The van der Waals surface area contributed by atoms with Gasteiger partial charge in [0.25, 0.3) is 5.91 Å². The van der Waals surface area contributed by atoms with Gasteiger partial charge < -0.3 is 15.5 Å². The first-order valence-corrected chi connectivity index (χ1v) is 9.40. The van der Waals surface area contributed by atoms with Crippen molar-refractivity contribution in [1.82, 2.24) is 4.90 Å². The van der Waals surface area contributed by atoms with Gasteiger partial charge in [-0.15, -0.1) is 0 Å². The number of anilines is 1. The number of amides is 2. The van der Waals surface area contributed by atoms with Crippen LogP contribution >= 0.6 is 0 Å². The fraction of sp³-hybridized carbons (Fsp3) is 0.550. The minimum atomic E-state index is -0.345. The molecule has 2 amide bonds. The summed E-state index contributed by atoms with van der Waals surface area (Å²) in [6, 6.07) is 7.31. The Hall–Kier alpha value is -2.04. The third kappa shape index (κ3) is 3.24. The monoisotopic (exact) mass is 340 g/mol. The number of rotatable bonds is 3. The van der Waals surface area contributed by atoms with Crippen LogP contribution in [0, 0.1) is 18.3 Å². The molecule has 2 N–H and O–H groups in total. The molecule has 4 fully saturated rings. The quantitative estimate of drug-likeness (QED) is 0.917. The Bertz CT molecular complexity index is 635. The second-order valence-electron chi connectivity index (χ2n) is 7.71. The first-order valence-electron chi connectivity index (χ1n) is 9.40. The molecule has 3 heterocycles. The van der Waals surface area contributed by atoms with Crippen LogP contribution in [0.5, 0.6) is 0 Å². The van der Waals surface area contributed by atoms with Gasteiger partial charge in [-0.1, -0.05) is 0 Å². The molecule has 1 aromatic rings. The summed E-state index contributed by atoms with van der Waals surface area (Å²) >= 11 is 0. The van der Waals surface area contributed by atoms with Crippen LogP contribution in [0.4, 0.5) is 5.69 Å². The van der Waals surface area contributed by atoms with Crippen LogP contribution in [-0.2, 0) is 4.79 Å². The molecule has 5 heteroatoms. The van der Waals surface area contributed by atoms with Gasteiger partial charge in [0.05, 0.1) is 0 Å². The highest BCUT2D eigenvalue weighted by Gasteiger charge is 2.32. The molecule has 0 unspecified atom stereocenters. The van der Waals surface area contributed by atoms with Gasteiger partial charge in [-0.3, -0.25) is 9.59 Å². The highest BCUT2D eigenvalue weighted by atomic mass is 16.2. The number of hydrogen-bond donors (Lipinski definition) is 1. The van der Waals surface area contributed by atoms with E-state index >= 15 is 0 Å². The van der Waals surface area contributed by atoms with Gasteiger partial charge >= 0.3 is 0 Å². The third-order valence-corrected chi connectivity index (χ3v) is 6.04. The predicted molar refractivity (Wildman–Crippen MR) is 97.0 cm³/mol. The number of hydrogen-bond acceptors (Lipinski definition) is 3. The van der Waals surface area contributed by atoms with Crippen LogP contribution in [0.1, 0.15) is 42.5 Å².